The summed E-state index contributed by atoms with van der Waals surface area (Å²) in [5, 5.41) is 18.4. The Labute approximate surface area is 183 Å². The van der Waals surface area contributed by atoms with Gasteiger partial charge < -0.3 is 10.4 Å². The van der Waals surface area contributed by atoms with E-state index in [1.807, 2.05) is 12.1 Å². The normalized spacial score (nSPS) is 14.4. The highest BCUT2D eigenvalue weighted by Crippen LogP contribution is 2.36. The van der Waals surface area contributed by atoms with Crippen LogP contribution in [0.5, 0.6) is 0 Å². The second kappa shape index (κ2) is 8.24. The molecule has 1 aromatic carbocycles. The topological polar surface area (TPSA) is 75.3 Å². The summed E-state index contributed by atoms with van der Waals surface area (Å²) in [4.78, 5) is 9.23. The minimum absolute atomic E-state index is 0.208. The summed E-state index contributed by atoms with van der Waals surface area (Å²) in [6.45, 7) is -0.208. The number of aromatic nitrogens is 4. The summed E-state index contributed by atoms with van der Waals surface area (Å²) in [5.41, 5.74) is 4.02. The van der Waals surface area contributed by atoms with Gasteiger partial charge in [0.1, 0.15) is 16.7 Å². The number of halogens is 2. The quantitative estimate of drug-likeness (QED) is 0.425. The third-order valence-corrected chi connectivity index (χ3v) is 5.90. The number of anilines is 1. The predicted octanol–water partition coefficient (Wildman–Crippen LogP) is 5.10. The molecule has 5 rings (SSSR count). The molecule has 4 aromatic rings. The van der Waals surface area contributed by atoms with E-state index < -0.39 is 0 Å². The van der Waals surface area contributed by atoms with Gasteiger partial charge in [0, 0.05) is 11.6 Å². The Morgan fingerprint density at radius 2 is 1.87 bits per heavy atom. The summed E-state index contributed by atoms with van der Waals surface area (Å²) < 4.78 is 15.2. The zero-order valence-corrected chi connectivity index (χ0v) is 17.5. The van der Waals surface area contributed by atoms with E-state index in [4.69, 9.17) is 21.7 Å². The molecule has 158 valence electrons. The van der Waals surface area contributed by atoms with Crippen LogP contribution >= 0.6 is 11.6 Å². The number of aliphatic hydroxyl groups is 1. The number of aliphatic hydroxyl groups excluding tert-OH is 1. The molecule has 3 heterocycles. The highest BCUT2D eigenvalue weighted by atomic mass is 35.5. The molecule has 0 aliphatic heterocycles. The maximum Gasteiger partial charge on any atom is 0.223 e. The van der Waals surface area contributed by atoms with Crippen molar-refractivity contribution in [3.8, 4) is 22.5 Å². The lowest BCUT2D eigenvalue weighted by atomic mass is 10.0. The average Bonchev–Trinajstić information content (AvgIpc) is 3.42. The molecule has 6 nitrogen and oxygen atoms in total. The van der Waals surface area contributed by atoms with Crippen LogP contribution in [-0.4, -0.2) is 30.7 Å². The van der Waals surface area contributed by atoms with Gasteiger partial charge in [-0.3, -0.25) is 0 Å². The van der Waals surface area contributed by atoms with Gasteiger partial charge in [-0.25, -0.2) is 18.9 Å². The Balaban J connectivity index is 1.71. The molecule has 0 saturated heterocycles. The molecule has 31 heavy (non-hydrogen) atoms. The van der Waals surface area contributed by atoms with Crippen LogP contribution in [-0.2, 0) is 6.61 Å². The van der Waals surface area contributed by atoms with Crippen LogP contribution < -0.4 is 5.32 Å². The van der Waals surface area contributed by atoms with E-state index in [0.29, 0.717) is 34.2 Å². The average molecular weight is 438 g/mol. The molecule has 3 aromatic heterocycles. The summed E-state index contributed by atoms with van der Waals surface area (Å²) in [6.07, 6.45) is 4.53. The van der Waals surface area contributed by atoms with Gasteiger partial charge in [-0.15, -0.1) is 0 Å². The third kappa shape index (κ3) is 3.86. The largest absolute Gasteiger partial charge is 0.390 e. The lowest BCUT2D eigenvalue weighted by Crippen LogP contribution is -2.17. The van der Waals surface area contributed by atoms with Crippen molar-refractivity contribution in [3.05, 3.63) is 65.2 Å². The summed E-state index contributed by atoms with van der Waals surface area (Å²) in [5.74, 6) is 0.166. The van der Waals surface area contributed by atoms with Crippen molar-refractivity contribution in [3.63, 3.8) is 0 Å². The van der Waals surface area contributed by atoms with Crippen LogP contribution in [0.4, 0.5) is 10.3 Å². The third-order valence-electron chi connectivity index (χ3n) is 5.61. The molecular weight excluding hydrogens is 417 g/mol. The summed E-state index contributed by atoms with van der Waals surface area (Å²) in [7, 11) is 0. The van der Waals surface area contributed by atoms with Crippen molar-refractivity contribution in [1.82, 2.24) is 19.6 Å². The van der Waals surface area contributed by atoms with E-state index in [1.165, 1.54) is 25.0 Å². The molecule has 1 aliphatic carbocycles. The van der Waals surface area contributed by atoms with E-state index in [-0.39, 0.29) is 12.4 Å². The number of benzene rings is 1. The van der Waals surface area contributed by atoms with Crippen molar-refractivity contribution < 1.29 is 9.50 Å². The van der Waals surface area contributed by atoms with Crippen molar-refractivity contribution >= 4 is 23.1 Å². The first kappa shape index (κ1) is 19.9. The maximum absolute atomic E-state index is 13.5. The Morgan fingerprint density at radius 1 is 1.10 bits per heavy atom. The van der Waals surface area contributed by atoms with Crippen molar-refractivity contribution in [1.29, 1.82) is 0 Å². The Bertz CT molecular complexity index is 1230. The zero-order chi connectivity index (χ0) is 21.4. The molecule has 0 bridgehead atoms. The number of hydrogen-bond acceptors (Lipinski definition) is 5. The standard InChI is InChI=1S/C23H21ClFN5O/c24-20-7-3-6-19-21(22(29-30(19)20)14-8-10-15(25)11-9-14)18-12-17(13-31)27-23(28-18)26-16-4-1-2-5-16/h3,6-12,16,31H,1-2,4-5,13H2,(H,26,27,28). The van der Waals surface area contributed by atoms with Crippen LogP contribution in [0.1, 0.15) is 31.4 Å². The predicted molar refractivity (Wildman–Crippen MR) is 118 cm³/mol. The van der Waals surface area contributed by atoms with Crippen molar-refractivity contribution in [2.75, 3.05) is 5.32 Å². The van der Waals surface area contributed by atoms with Gasteiger partial charge in [-0.1, -0.05) is 30.5 Å². The van der Waals surface area contributed by atoms with E-state index in [9.17, 15) is 9.50 Å². The van der Waals surface area contributed by atoms with Crippen LogP contribution in [0.3, 0.4) is 0 Å². The van der Waals surface area contributed by atoms with Crippen LogP contribution in [0.15, 0.2) is 48.5 Å². The minimum Gasteiger partial charge on any atom is -0.390 e. The van der Waals surface area contributed by atoms with Gasteiger partial charge in [0.15, 0.2) is 0 Å². The van der Waals surface area contributed by atoms with Gasteiger partial charge >= 0.3 is 0 Å². The van der Waals surface area contributed by atoms with Crippen LogP contribution in [0.25, 0.3) is 28.0 Å². The Hall–Kier alpha value is -3.03. The van der Waals surface area contributed by atoms with Crippen molar-refractivity contribution in [2.24, 2.45) is 0 Å². The van der Waals surface area contributed by atoms with Crippen LogP contribution in [0, 0.1) is 5.82 Å². The monoisotopic (exact) mass is 437 g/mol. The fraction of sp³-hybridized carbons (Fsp3) is 0.261. The lowest BCUT2D eigenvalue weighted by Gasteiger charge is -2.14. The van der Waals surface area contributed by atoms with Gasteiger partial charge in [0.25, 0.3) is 0 Å². The number of fused-ring (bicyclic) bond motifs is 1. The van der Waals surface area contributed by atoms with Gasteiger partial charge in [-0.05, 0) is 55.3 Å². The molecule has 1 saturated carbocycles. The second-order valence-electron chi connectivity index (χ2n) is 7.73. The Morgan fingerprint density at radius 3 is 2.61 bits per heavy atom. The lowest BCUT2D eigenvalue weighted by molar-refractivity contribution is 0.277. The first-order valence-corrected chi connectivity index (χ1v) is 10.7. The first-order chi connectivity index (χ1) is 15.1. The van der Waals surface area contributed by atoms with Gasteiger partial charge in [0.05, 0.1) is 29.1 Å². The summed E-state index contributed by atoms with van der Waals surface area (Å²) >= 11 is 6.40. The number of rotatable bonds is 5. The highest BCUT2D eigenvalue weighted by molar-refractivity contribution is 6.29. The van der Waals surface area contributed by atoms with Gasteiger partial charge in [-0.2, -0.15) is 5.10 Å². The second-order valence-corrected chi connectivity index (χ2v) is 8.12. The highest BCUT2D eigenvalue weighted by Gasteiger charge is 2.22. The van der Waals surface area contributed by atoms with E-state index in [2.05, 4.69) is 10.3 Å². The minimum atomic E-state index is -0.320. The molecule has 0 atom stereocenters. The smallest absolute Gasteiger partial charge is 0.223 e. The number of nitrogens with zero attached hydrogens (tertiary/aromatic N) is 4. The fourth-order valence-corrected chi connectivity index (χ4v) is 4.32. The Kier molecular flexibility index (Phi) is 5.29. The molecule has 8 heteroatoms. The fourth-order valence-electron chi connectivity index (χ4n) is 4.12. The number of pyridine rings is 1. The maximum atomic E-state index is 13.5. The van der Waals surface area contributed by atoms with Crippen LogP contribution in [0.2, 0.25) is 5.15 Å². The molecule has 0 spiro atoms. The molecule has 1 aliphatic rings. The molecule has 1 fully saturated rings. The summed E-state index contributed by atoms with van der Waals surface area (Å²) in [6, 6.07) is 13.8. The number of hydrogen-bond donors (Lipinski definition) is 2. The van der Waals surface area contributed by atoms with E-state index >= 15 is 0 Å². The van der Waals surface area contributed by atoms with E-state index in [0.717, 1.165) is 29.5 Å². The first-order valence-electron chi connectivity index (χ1n) is 10.3. The number of nitrogens with one attached hydrogen (secondary N) is 1. The SMILES string of the molecule is OCc1cc(-c2c(-c3ccc(F)cc3)nn3c(Cl)cccc23)nc(NC2CCCC2)n1. The van der Waals surface area contributed by atoms with Gasteiger partial charge in [0.2, 0.25) is 5.95 Å². The molecule has 0 radical (unpaired) electrons. The van der Waals surface area contributed by atoms with Crippen molar-refractivity contribution in [2.45, 2.75) is 38.3 Å². The van der Waals surface area contributed by atoms with E-state index in [1.54, 1.807) is 28.8 Å². The molecular formula is C23H21ClFN5O. The molecule has 0 unspecified atom stereocenters. The zero-order valence-electron chi connectivity index (χ0n) is 16.7. The molecule has 2 N–H and O–H groups in total. The molecule has 0 amide bonds.